The number of halogens is 1. The number of piperidine rings is 1. The Hall–Kier alpha value is -2.73. The lowest BCUT2D eigenvalue weighted by atomic mass is 9.98. The molecule has 1 aliphatic rings. The number of rotatable bonds is 4. The SMILES string of the molecule is NCc1ccc(Cc2cc(F)ccc2C(=O)NC(=O)N2CCCCC2)cc1. The van der Waals surface area contributed by atoms with Gasteiger partial charge in [-0.25, -0.2) is 9.18 Å². The maximum Gasteiger partial charge on any atom is 0.324 e. The normalized spacial score (nSPS) is 14.1. The van der Waals surface area contributed by atoms with Gasteiger partial charge < -0.3 is 10.6 Å². The highest BCUT2D eigenvalue weighted by Gasteiger charge is 2.21. The van der Waals surface area contributed by atoms with Crippen LogP contribution in [0.25, 0.3) is 0 Å². The summed E-state index contributed by atoms with van der Waals surface area (Å²) >= 11 is 0. The predicted molar refractivity (Wildman–Crippen MR) is 102 cm³/mol. The van der Waals surface area contributed by atoms with E-state index in [9.17, 15) is 14.0 Å². The van der Waals surface area contributed by atoms with Crippen LogP contribution < -0.4 is 11.1 Å². The predicted octanol–water partition coefficient (Wildman–Crippen LogP) is 3.21. The Labute approximate surface area is 158 Å². The van der Waals surface area contributed by atoms with Crippen molar-refractivity contribution in [3.05, 3.63) is 70.5 Å². The molecule has 1 heterocycles. The van der Waals surface area contributed by atoms with Gasteiger partial charge in [-0.2, -0.15) is 0 Å². The molecule has 1 saturated heterocycles. The van der Waals surface area contributed by atoms with E-state index in [1.165, 1.54) is 18.2 Å². The molecule has 2 aromatic carbocycles. The van der Waals surface area contributed by atoms with E-state index in [1.54, 1.807) is 4.90 Å². The molecule has 3 N–H and O–H groups in total. The first-order valence-corrected chi connectivity index (χ1v) is 9.23. The number of hydrogen-bond donors (Lipinski definition) is 2. The molecule has 3 amide bonds. The Kier molecular flexibility index (Phi) is 6.19. The summed E-state index contributed by atoms with van der Waals surface area (Å²) in [5.74, 6) is -0.915. The molecule has 6 heteroatoms. The minimum Gasteiger partial charge on any atom is -0.326 e. The number of likely N-dealkylation sites (tertiary alicyclic amines) is 1. The maximum absolute atomic E-state index is 13.8. The summed E-state index contributed by atoms with van der Waals surface area (Å²) in [6.45, 7) is 1.76. The number of nitrogens with zero attached hydrogens (tertiary/aromatic N) is 1. The van der Waals surface area contributed by atoms with Crippen molar-refractivity contribution in [1.82, 2.24) is 10.2 Å². The van der Waals surface area contributed by atoms with Gasteiger partial charge in [-0.15, -0.1) is 0 Å². The number of nitrogens with one attached hydrogen (secondary N) is 1. The molecular formula is C21H24FN3O2. The fraction of sp³-hybridized carbons (Fsp3) is 0.333. The number of amides is 3. The molecule has 0 unspecified atom stereocenters. The van der Waals surface area contributed by atoms with Gasteiger partial charge in [0.25, 0.3) is 5.91 Å². The molecular weight excluding hydrogens is 345 g/mol. The zero-order chi connectivity index (χ0) is 19.2. The largest absolute Gasteiger partial charge is 0.326 e. The second-order valence-electron chi connectivity index (χ2n) is 6.81. The van der Waals surface area contributed by atoms with Crippen molar-refractivity contribution < 1.29 is 14.0 Å². The summed E-state index contributed by atoms with van der Waals surface area (Å²) in [5, 5.41) is 2.44. The molecule has 1 fully saturated rings. The fourth-order valence-electron chi connectivity index (χ4n) is 3.28. The van der Waals surface area contributed by atoms with Crippen molar-refractivity contribution >= 4 is 11.9 Å². The highest BCUT2D eigenvalue weighted by atomic mass is 19.1. The minimum atomic E-state index is -0.501. The average Bonchev–Trinajstić information content (AvgIpc) is 2.69. The number of urea groups is 1. The van der Waals surface area contributed by atoms with Crippen LogP contribution >= 0.6 is 0 Å². The standard InChI is InChI=1S/C21H24FN3O2/c22-18-8-9-19(20(26)24-21(27)25-10-2-1-3-11-25)17(13-18)12-15-4-6-16(14-23)7-5-15/h4-9,13H,1-3,10-12,14,23H2,(H,24,26,27). The van der Waals surface area contributed by atoms with Gasteiger partial charge in [0.05, 0.1) is 0 Å². The van der Waals surface area contributed by atoms with Gasteiger partial charge in [-0.3, -0.25) is 10.1 Å². The topological polar surface area (TPSA) is 75.4 Å². The van der Waals surface area contributed by atoms with Gasteiger partial charge in [-0.05, 0) is 60.6 Å². The smallest absolute Gasteiger partial charge is 0.324 e. The second kappa shape index (κ2) is 8.77. The molecule has 5 nitrogen and oxygen atoms in total. The third-order valence-corrected chi connectivity index (χ3v) is 4.83. The highest BCUT2D eigenvalue weighted by molar-refractivity contribution is 6.05. The molecule has 0 spiro atoms. The minimum absolute atomic E-state index is 0.310. The first-order valence-electron chi connectivity index (χ1n) is 9.23. The van der Waals surface area contributed by atoms with Crippen LogP contribution in [-0.4, -0.2) is 29.9 Å². The molecule has 0 aromatic heterocycles. The first kappa shape index (κ1) is 19.0. The van der Waals surface area contributed by atoms with Crippen LogP contribution in [0.15, 0.2) is 42.5 Å². The van der Waals surface area contributed by atoms with E-state index in [2.05, 4.69) is 5.32 Å². The van der Waals surface area contributed by atoms with E-state index in [0.717, 1.165) is 30.4 Å². The van der Waals surface area contributed by atoms with Crippen molar-refractivity contribution in [2.45, 2.75) is 32.2 Å². The first-order chi connectivity index (χ1) is 13.1. The molecule has 142 valence electrons. The van der Waals surface area contributed by atoms with Crippen LogP contribution in [0.1, 0.15) is 46.3 Å². The molecule has 0 saturated carbocycles. The van der Waals surface area contributed by atoms with Crippen molar-refractivity contribution in [2.75, 3.05) is 13.1 Å². The van der Waals surface area contributed by atoms with Crippen LogP contribution in [0.3, 0.4) is 0 Å². The van der Waals surface area contributed by atoms with Gasteiger partial charge in [0.1, 0.15) is 5.82 Å². The summed E-state index contributed by atoms with van der Waals surface area (Å²) in [6.07, 6.45) is 3.39. The van der Waals surface area contributed by atoms with Crippen LogP contribution in [0.5, 0.6) is 0 Å². The van der Waals surface area contributed by atoms with Crippen LogP contribution in [0, 0.1) is 5.82 Å². The monoisotopic (exact) mass is 369 g/mol. The molecule has 1 aliphatic heterocycles. The average molecular weight is 369 g/mol. The Morgan fingerprint density at radius 2 is 1.67 bits per heavy atom. The van der Waals surface area contributed by atoms with Crippen LogP contribution in [0.2, 0.25) is 0 Å². The molecule has 0 radical (unpaired) electrons. The fourth-order valence-corrected chi connectivity index (χ4v) is 3.28. The van der Waals surface area contributed by atoms with Crippen molar-refractivity contribution in [2.24, 2.45) is 5.73 Å². The summed E-state index contributed by atoms with van der Waals surface area (Å²) in [5.41, 5.74) is 8.40. The number of benzene rings is 2. The molecule has 0 aliphatic carbocycles. The van der Waals surface area contributed by atoms with Gasteiger partial charge in [-0.1, -0.05) is 24.3 Å². The van der Waals surface area contributed by atoms with Gasteiger partial charge in [0, 0.05) is 25.2 Å². The zero-order valence-corrected chi connectivity index (χ0v) is 15.2. The van der Waals surface area contributed by atoms with E-state index in [-0.39, 0.29) is 6.03 Å². The van der Waals surface area contributed by atoms with E-state index < -0.39 is 11.7 Å². The highest BCUT2D eigenvalue weighted by Crippen LogP contribution is 2.17. The number of nitrogens with two attached hydrogens (primary N) is 1. The Balaban J connectivity index is 1.75. The molecule has 0 bridgehead atoms. The Bertz CT molecular complexity index is 815. The quantitative estimate of drug-likeness (QED) is 0.869. The van der Waals surface area contributed by atoms with Gasteiger partial charge in [0.2, 0.25) is 0 Å². The number of imide groups is 1. The van der Waals surface area contributed by atoms with Crippen molar-refractivity contribution in [1.29, 1.82) is 0 Å². The van der Waals surface area contributed by atoms with Gasteiger partial charge in [0.15, 0.2) is 0 Å². The Morgan fingerprint density at radius 1 is 1.00 bits per heavy atom. The second-order valence-corrected chi connectivity index (χ2v) is 6.81. The molecule has 2 aromatic rings. The van der Waals surface area contributed by atoms with Gasteiger partial charge >= 0.3 is 6.03 Å². The van der Waals surface area contributed by atoms with E-state index >= 15 is 0 Å². The summed E-state index contributed by atoms with van der Waals surface area (Å²) < 4.78 is 13.8. The van der Waals surface area contributed by atoms with Crippen LogP contribution in [-0.2, 0) is 13.0 Å². The third kappa shape index (κ3) is 4.92. The summed E-state index contributed by atoms with van der Waals surface area (Å²) in [6, 6.07) is 11.3. The molecule has 0 atom stereocenters. The lowest BCUT2D eigenvalue weighted by molar-refractivity contribution is 0.0948. The van der Waals surface area contributed by atoms with E-state index in [4.69, 9.17) is 5.73 Å². The zero-order valence-electron chi connectivity index (χ0n) is 15.2. The lowest BCUT2D eigenvalue weighted by Gasteiger charge is -2.26. The number of carbonyl (C=O) groups is 2. The summed E-state index contributed by atoms with van der Waals surface area (Å²) in [7, 11) is 0. The van der Waals surface area contributed by atoms with E-state index in [0.29, 0.717) is 37.2 Å². The number of hydrogen-bond acceptors (Lipinski definition) is 3. The molecule has 3 rings (SSSR count). The third-order valence-electron chi connectivity index (χ3n) is 4.83. The number of carbonyl (C=O) groups excluding carboxylic acids is 2. The summed E-state index contributed by atoms with van der Waals surface area (Å²) in [4.78, 5) is 26.6. The Morgan fingerprint density at radius 3 is 2.33 bits per heavy atom. The van der Waals surface area contributed by atoms with E-state index in [1.807, 2.05) is 24.3 Å². The molecule has 27 heavy (non-hydrogen) atoms. The lowest BCUT2D eigenvalue weighted by Crippen LogP contribution is -2.45. The van der Waals surface area contributed by atoms with Crippen molar-refractivity contribution in [3.8, 4) is 0 Å². The van der Waals surface area contributed by atoms with Crippen LogP contribution in [0.4, 0.5) is 9.18 Å². The van der Waals surface area contributed by atoms with Crippen molar-refractivity contribution in [3.63, 3.8) is 0 Å². The maximum atomic E-state index is 13.8.